The number of rotatable bonds is 1. The van der Waals surface area contributed by atoms with Crippen molar-refractivity contribution in [2.45, 2.75) is 6.92 Å². The van der Waals surface area contributed by atoms with Crippen molar-refractivity contribution in [1.29, 1.82) is 0 Å². The fourth-order valence-electron chi connectivity index (χ4n) is 1.92. The molecular formula is C12H14O. The Hall–Kier alpha value is -1.24. The Morgan fingerprint density at radius 2 is 1.62 bits per heavy atom. The van der Waals surface area contributed by atoms with Gasteiger partial charge in [0.25, 0.3) is 0 Å². The summed E-state index contributed by atoms with van der Waals surface area (Å²) in [5.74, 6) is 1.87. The van der Waals surface area contributed by atoms with Crippen molar-refractivity contribution in [3.63, 3.8) is 0 Å². The average Bonchev–Trinajstić information content (AvgIpc) is 2.08. The van der Waals surface area contributed by atoms with Crippen molar-refractivity contribution >= 4 is 0 Å². The summed E-state index contributed by atoms with van der Waals surface area (Å²) in [6, 6.07) is 0. The second-order valence-corrected chi connectivity index (χ2v) is 3.46. The monoisotopic (exact) mass is 174 g/mol. The summed E-state index contributed by atoms with van der Waals surface area (Å²) in [7, 11) is 1.75. The summed E-state index contributed by atoms with van der Waals surface area (Å²) in [5.41, 5.74) is 1.33. The molecule has 0 fully saturated rings. The highest BCUT2D eigenvalue weighted by Gasteiger charge is 2.21. The summed E-state index contributed by atoms with van der Waals surface area (Å²) in [4.78, 5) is 0. The molecule has 0 aliphatic heterocycles. The first-order valence-corrected chi connectivity index (χ1v) is 4.61. The molecule has 0 spiro atoms. The third kappa shape index (κ3) is 1.35. The van der Waals surface area contributed by atoms with Gasteiger partial charge in [0.2, 0.25) is 0 Å². The van der Waals surface area contributed by atoms with E-state index in [1.807, 2.05) is 0 Å². The molecule has 0 aromatic carbocycles. The summed E-state index contributed by atoms with van der Waals surface area (Å²) in [5, 5.41) is 0. The van der Waals surface area contributed by atoms with Gasteiger partial charge in [-0.25, -0.2) is 0 Å². The molecule has 2 bridgehead atoms. The van der Waals surface area contributed by atoms with Crippen LogP contribution in [0.1, 0.15) is 6.92 Å². The van der Waals surface area contributed by atoms with Gasteiger partial charge in [-0.2, -0.15) is 0 Å². The van der Waals surface area contributed by atoms with Crippen molar-refractivity contribution in [3.8, 4) is 0 Å². The van der Waals surface area contributed by atoms with Crippen molar-refractivity contribution in [3.05, 3.63) is 47.8 Å². The quantitative estimate of drug-likeness (QED) is 0.555. The van der Waals surface area contributed by atoms with E-state index in [4.69, 9.17) is 4.74 Å². The van der Waals surface area contributed by atoms with Crippen LogP contribution in [0.3, 0.4) is 0 Å². The van der Waals surface area contributed by atoms with Gasteiger partial charge in [-0.05, 0) is 12.5 Å². The fraction of sp³-hybridized carbons (Fsp3) is 0.333. The predicted octanol–water partition coefficient (Wildman–Crippen LogP) is 2.84. The van der Waals surface area contributed by atoms with E-state index in [9.17, 15) is 0 Å². The Bertz CT molecular complexity index is 318. The van der Waals surface area contributed by atoms with Crippen LogP contribution in [0.2, 0.25) is 0 Å². The number of hydrogen-bond donors (Lipinski definition) is 0. The third-order valence-corrected chi connectivity index (χ3v) is 2.69. The molecule has 1 heteroatoms. The van der Waals surface area contributed by atoms with Crippen LogP contribution in [-0.2, 0) is 4.74 Å². The molecule has 1 nitrogen and oxygen atoms in total. The van der Waals surface area contributed by atoms with E-state index in [0.29, 0.717) is 11.8 Å². The van der Waals surface area contributed by atoms with Crippen LogP contribution in [0, 0.1) is 11.8 Å². The van der Waals surface area contributed by atoms with Gasteiger partial charge in [0.05, 0.1) is 13.0 Å². The maximum atomic E-state index is 5.42. The summed E-state index contributed by atoms with van der Waals surface area (Å²) < 4.78 is 5.42. The second kappa shape index (κ2) is 3.25. The molecule has 0 saturated heterocycles. The van der Waals surface area contributed by atoms with Gasteiger partial charge < -0.3 is 4.74 Å². The molecule has 3 aliphatic rings. The van der Waals surface area contributed by atoms with Crippen LogP contribution in [0.15, 0.2) is 47.8 Å². The predicted molar refractivity (Wildman–Crippen MR) is 54.1 cm³/mol. The smallest absolute Gasteiger partial charge is 0.106 e. The van der Waals surface area contributed by atoms with Crippen molar-refractivity contribution in [2.24, 2.45) is 11.8 Å². The Balaban J connectivity index is 2.47. The SMILES string of the molecule is COC1=C(C)[C@@H]2C=C/C=C/[C@@H]1C=C2. The lowest BCUT2D eigenvalue weighted by atomic mass is 9.85. The summed E-state index contributed by atoms with van der Waals surface area (Å²) in [6.07, 6.45) is 13.0. The van der Waals surface area contributed by atoms with Gasteiger partial charge in [-0.3, -0.25) is 0 Å². The molecule has 0 aromatic rings. The Morgan fingerprint density at radius 1 is 1.00 bits per heavy atom. The molecule has 3 rings (SSSR count). The van der Waals surface area contributed by atoms with E-state index in [-0.39, 0.29) is 0 Å². The molecule has 0 saturated carbocycles. The zero-order valence-electron chi connectivity index (χ0n) is 8.03. The molecule has 2 atom stereocenters. The number of methoxy groups -OCH3 is 1. The van der Waals surface area contributed by atoms with Crippen LogP contribution in [0.25, 0.3) is 0 Å². The highest BCUT2D eigenvalue weighted by atomic mass is 16.5. The molecule has 68 valence electrons. The largest absolute Gasteiger partial charge is 0.500 e. The van der Waals surface area contributed by atoms with Crippen molar-refractivity contribution < 1.29 is 4.74 Å². The van der Waals surface area contributed by atoms with Gasteiger partial charge in [-0.1, -0.05) is 36.5 Å². The van der Waals surface area contributed by atoms with E-state index in [1.165, 1.54) is 5.57 Å². The Kier molecular flexibility index (Phi) is 2.09. The summed E-state index contributed by atoms with van der Waals surface area (Å²) >= 11 is 0. The number of hydrogen-bond acceptors (Lipinski definition) is 1. The second-order valence-electron chi connectivity index (χ2n) is 3.46. The number of allylic oxidation sites excluding steroid dienone is 6. The van der Waals surface area contributed by atoms with E-state index < -0.39 is 0 Å². The fourth-order valence-corrected chi connectivity index (χ4v) is 1.92. The summed E-state index contributed by atoms with van der Waals surface area (Å²) in [6.45, 7) is 2.14. The molecule has 0 radical (unpaired) electrons. The van der Waals surface area contributed by atoms with Crippen LogP contribution in [0.5, 0.6) is 0 Å². The topological polar surface area (TPSA) is 9.23 Å². The molecule has 0 unspecified atom stereocenters. The molecule has 13 heavy (non-hydrogen) atoms. The van der Waals surface area contributed by atoms with E-state index >= 15 is 0 Å². The first-order chi connectivity index (χ1) is 6.33. The van der Waals surface area contributed by atoms with E-state index in [2.05, 4.69) is 43.4 Å². The highest BCUT2D eigenvalue weighted by molar-refractivity contribution is 5.36. The van der Waals surface area contributed by atoms with Crippen molar-refractivity contribution in [2.75, 3.05) is 7.11 Å². The maximum absolute atomic E-state index is 5.42. The van der Waals surface area contributed by atoms with Crippen LogP contribution in [-0.4, -0.2) is 7.11 Å². The molecule has 0 aromatic heterocycles. The molecule has 0 N–H and O–H groups in total. The Morgan fingerprint density at radius 3 is 2.31 bits per heavy atom. The zero-order chi connectivity index (χ0) is 9.26. The van der Waals surface area contributed by atoms with Gasteiger partial charge in [0.15, 0.2) is 0 Å². The minimum atomic E-state index is 0.339. The molecule has 0 amide bonds. The molecular weight excluding hydrogens is 160 g/mol. The zero-order valence-corrected chi connectivity index (χ0v) is 8.03. The van der Waals surface area contributed by atoms with Gasteiger partial charge >= 0.3 is 0 Å². The number of fused-ring (bicyclic) bond motifs is 1. The third-order valence-electron chi connectivity index (χ3n) is 2.69. The van der Waals surface area contributed by atoms with Crippen LogP contribution < -0.4 is 0 Å². The molecule has 0 heterocycles. The van der Waals surface area contributed by atoms with Crippen LogP contribution in [0.4, 0.5) is 0 Å². The minimum absolute atomic E-state index is 0.339. The maximum Gasteiger partial charge on any atom is 0.106 e. The van der Waals surface area contributed by atoms with Crippen LogP contribution >= 0.6 is 0 Å². The minimum Gasteiger partial charge on any atom is -0.500 e. The highest BCUT2D eigenvalue weighted by Crippen LogP contribution is 2.32. The van der Waals surface area contributed by atoms with E-state index in [0.717, 1.165) is 5.76 Å². The first kappa shape index (κ1) is 8.36. The van der Waals surface area contributed by atoms with Gasteiger partial charge in [0.1, 0.15) is 5.76 Å². The molecule has 3 aliphatic carbocycles. The lowest BCUT2D eigenvalue weighted by Gasteiger charge is -2.25. The number of ether oxygens (including phenoxy) is 1. The average molecular weight is 174 g/mol. The van der Waals surface area contributed by atoms with Gasteiger partial charge in [-0.15, -0.1) is 0 Å². The Labute approximate surface area is 79.1 Å². The standard InChI is InChI=1S/C12H14O/c1-9-10-5-3-4-6-11(8-7-10)12(9)13-2/h3-8,10-11H,1-2H3/b5-3?,6-4+/t10-,11-/m1/s1. The van der Waals surface area contributed by atoms with E-state index in [1.54, 1.807) is 7.11 Å². The normalized spacial score (nSPS) is 33.1. The lowest BCUT2D eigenvalue weighted by Crippen LogP contribution is -2.13. The lowest BCUT2D eigenvalue weighted by molar-refractivity contribution is 0.258. The first-order valence-electron chi connectivity index (χ1n) is 4.61. The van der Waals surface area contributed by atoms with Crippen molar-refractivity contribution in [1.82, 2.24) is 0 Å². The van der Waals surface area contributed by atoms with Gasteiger partial charge in [0, 0.05) is 5.92 Å².